The number of nitrogens with one attached hydrogen (secondary N) is 1. The van der Waals surface area contributed by atoms with E-state index in [1.165, 1.54) is 5.56 Å². The second-order valence-corrected chi connectivity index (χ2v) is 9.66. The number of para-hydroxylation sites is 2. The van der Waals surface area contributed by atoms with Crippen molar-refractivity contribution in [2.24, 2.45) is 0 Å². The molecule has 0 saturated heterocycles. The average molecular weight is 535 g/mol. The van der Waals surface area contributed by atoms with Gasteiger partial charge in [-0.15, -0.1) is 0 Å². The van der Waals surface area contributed by atoms with Crippen LogP contribution >= 0.6 is 0 Å². The summed E-state index contributed by atoms with van der Waals surface area (Å²) >= 11 is 0. The van der Waals surface area contributed by atoms with Crippen molar-refractivity contribution < 1.29 is 19.0 Å². The van der Waals surface area contributed by atoms with E-state index in [1.54, 1.807) is 14.2 Å². The predicted octanol–water partition coefficient (Wildman–Crippen LogP) is 6.78. The van der Waals surface area contributed by atoms with Crippen LogP contribution in [0.2, 0.25) is 0 Å². The monoisotopic (exact) mass is 534 g/mol. The van der Waals surface area contributed by atoms with E-state index in [9.17, 15) is 4.79 Å². The maximum atomic E-state index is 13.1. The fourth-order valence-corrected chi connectivity index (χ4v) is 4.99. The molecule has 6 nitrogen and oxygen atoms in total. The van der Waals surface area contributed by atoms with E-state index in [0.29, 0.717) is 26.1 Å². The van der Waals surface area contributed by atoms with Gasteiger partial charge < -0.3 is 24.1 Å². The number of ether oxygens (including phenoxy) is 3. The average Bonchev–Trinajstić information content (AvgIpc) is 3.35. The Bertz CT molecular complexity index is 1540. The number of rotatable bonds is 12. The zero-order valence-corrected chi connectivity index (χ0v) is 22.9. The predicted molar refractivity (Wildman–Crippen MR) is 158 cm³/mol. The number of aromatic nitrogens is 1. The summed E-state index contributed by atoms with van der Waals surface area (Å²) in [6, 6.07) is 34.2. The molecule has 5 rings (SSSR count). The molecule has 0 bridgehead atoms. The van der Waals surface area contributed by atoms with Gasteiger partial charge in [-0.05, 0) is 59.2 Å². The number of carbonyl (C=O) groups excluding carboxylic acids is 1. The number of fused-ring (bicyclic) bond motifs is 1. The Morgan fingerprint density at radius 1 is 0.825 bits per heavy atom. The van der Waals surface area contributed by atoms with E-state index in [2.05, 4.69) is 52.5 Å². The van der Waals surface area contributed by atoms with Gasteiger partial charge in [-0.2, -0.15) is 0 Å². The van der Waals surface area contributed by atoms with Gasteiger partial charge in [-0.1, -0.05) is 60.7 Å². The van der Waals surface area contributed by atoms with Crippen LogP contribution in [0.25, 0.3) is 10.9 Å². The standard InChI is InChI=1S/C34H34N2O4/c1-38-20-19-35-34(37)22-31(26-9-8-12-29(21-26)40-28-10-4-3-5-11-28)32-24-36(33-14-7-6-13-30(32)33)23-25-15-17-27(39-2)18-16-25/h3-18,21,24,31H,19-20,22-23H2,1-2H3,(H,35,37). The van der Waals surface area contributed by atoms with Crippen molar-refractivity contribution in [3.8, 4) is 17.2 Å². The van der Waals surface area contributed by atoms with Crippen LogP contribution < -0.4 is 14.8 Å². The molecule has 0 radical (unpaired) electrons. The lowest BCUT2D eigenvalue weighted by Gasteiger charge is -2.18. The Labute approximate surface area is 235 Å². The molecule has 4 aromatic carbocycles. The lowest BCUT2D eigenvalue weighted by atomic mass is 9.88. The van der Waals surface area contributed by atoms with Crippen LogP contribution in [-0.2, 0) is 16.1 Å². The molecule has 0 saturated carbocycles. The summed E-state index contributed by atoms with van der Waals surface area (Å²) in [6.45, 7) is 1.64. The van der Waals surface area contributed by atoms with Gasteiger partial charge in [0.2, 0.25) is 5.91 Å². The fraction of sp³-hybridized carbons (Fsp3) is 0.206. The van der Waals surface area contributed by atoms with Crippen molar-refractivity contribution in [2.75, 3.05) is 27.4 Å². The number of benzene rings is 4. The van der Waals surface area contributed by atoms with E-state index in [1.807, 2.05) is 66.7 Å². The summed E-state index contributed by atoms with van der Waals surface area (Å²) in [7, 11) is 3.30. The molecule has 0 aliphatic carbocycles. The van der Waals surface area contributed by atoms with Gasteiger partial charge >= 0.3 is 0 Å². The molecule has 40 heavy (non-hydrogen) atoms. The van der Waals surface area contributed by atoms with Gasteiger partial charge in [0.25, 0.3) is 0 Å². The van der Waals surface area contributed by atoms with Gasteiger partial charge in [0, 0.05) is 49.6 Å². The molecule has 5 aromatic rings. The van der Waals surface area contributed by atoms with Crippen molar-refractivity contribution in [3.05, 3.63) is 126 Å². The van der Waals surface area contributed by atoms with Gasteiger partial charge in [0.1, 0.15) is 17.2 Å². The Balaban J connectivity index is 1.52. The molecular weight excluding hydrogens is 500 g/mol. The number of hydrogen-bond acceptors (Lipinski definition) is 4. The molecule has 0 aliphatic heterocycles. The zero-order valence-electron chi connectivity index (χ0n) is 22.9. The highest BCUT2D eigenvalue weighted by Crippen LogP contribution is 2.37. The summed E-state index contributed by atoms with van der Waals surface area (Å²) in [5.41, 5.74) is 4.40. The molecule has 1 aromatic heterocycles. The topological polar surface area (TPSA) is 61.7 Å². The first kappa shape index (κ1) is 27.0. The van der Waals surface area contributed by atoms with E-state index in [0.717, 1.165) is 39.3 Å². The lowest BCUT2D eigenvalue weighted by molar-refractivity contribution is -0.121. The fourth-order valence-electron chi connectivity index (χ4n) is 4.99. The van der Waals surface area contributed by atoms with Crippen molar-refractivity contribution in [2.45, 2.75) is 18.9 Å². The first-order valence-corrected chi connectivity index (χ1v) is 13.4. The van der Waals surface area contributed by atoms with Gasteiger partial charge in [-0.25, -0.2) is 0 Å². The number of carbonyl (C=O) groups is 1. The number of amides is 1. The maximum absolute atomic E-state index is 13.1. The van der Waals surface area contributed by atoms with Crippen LogP contribution in [0.3, 0.4) is 0 Å². The van der Waals surface area contributed by atoms with Crippen LogP contribution in [0.4, 0.5) is 0 Å². The molecule has 1 amide bonds. The first-order chi connectivity index (χ1) is 19.6. The molecule has 1 atom stereocenters. The van der Waals surface area contributed by atoms with E-state index >= 15 is 0 Å². The summed E-state index contributed by atoms with van der Waals surface area (Å²) in [6.07, 6.45) is 2.49. The highest BCUT2D eigenvalue weighted by Gasteiger charge is 2.23. The minimum Gasteiger partial charge on any atom is -0.497 e. The Kier molecular flexibility index (Phi) is 8.79. The number of methoxy groups -OCH3 is 2. The van der Waals surface area contributed by atoms with Crippen LogP contribution in [-0.4, -0.2) is 37.8 Å². The molecule has 1 heterocycles. The Morgan fingerprint density at radius 3 is 2.35 bits per heavy atom. The molecule has 1 unspecified atom stereocenters. The van der Waals surface area contributed by atoms with E-state index in [-0.39, 0.29) is 11.8 Å². The third kappa shape index (κ3) is 6.53. The Morgan fingerprint density at radius 2 is 1.57 bits per heavy atom. The minimum atomic E-state index is -0.177. The zero-order chi connectivity index (χ0) is 27.7. The summed E-state index contributed by atoms with van der Waals surface area (Å²) in [5, 5.41) is 4.12. The molecule has 0 spiro atoms. The molecular formula is C34H34N2O4. The number of hydrogen-bond donors (Lipinski definition) is 1. The van der Waals surface area contributed by atoms with Crippen LogP contribution in [0.5, 0.6) is 17.2 Å². The normalized spacial score (nSPS) is 11.8. The highest BCUT2D eigenvalue weighted by atomic mass is 16.5. The Hall–Kier alpha value is -4.55. The second kappa shape index (κ2) is 13.0. The highest BCUT2D eigenvalue weighted by molar-refractivity contribution is 5.87. The molecule has 0 fully saturated rings. The largest absolute Gasteiger partial charge is 0.497 e. The van der Waals surface area contributed by atoms with Crippen molar-refractivity contribution in [3.63, 3.8) is 0 Å². The van der Waals surface area contributed by atoms with Crippen molar-refractivity contribution in [1.29, 1.82) is 0 Å². The van der Waals surface area contributed by atoms with Crippen LogP contribution in [0, 0.1) is 0 Å². The first-order valence-electron chi connectivity index (χ1n) is 13.4. The van der Waals surface area contributed by atoms with Gasteiger partial charge in [0.05, 0.1) is 13.7 Å². The summed E-state index contributed by atoms with van der Waals surface area (Å²) in [5.74, 6) is 2.13. The third-order valence-corrected chi connectivity index (χ3v) is 6.96. The minimum absolute atomic E-state index is 0.0246. The summed E-state index contributed by atoms with van der Waals surface area (Å²) in [4.78, 5) is 13.1. The van der Waals surface area contributed by atoms with Crippen molar-refractivity contribution in [1.82, 2.24) is 9.88 Å². The number of nitrogens with zero attached hydrogens (tertiary/aromatic N) is 1. The second-order valence-electron chi connectivity index (χ2n) is 9.66. The van der Waals surface area contributed by atoms with Crippen LogP contribution in [0.1, 0.15) is 29.0 Å². The molecule has 204 valence electrons. The van der Waals surface area contributed by atoms with Gasteiger partial charge in [-0.3, -0.25) is 4.79 Å². The lowest BCUT2D eigenvalue weighted by Crippen LogP contribution is -2.28. The van der Waals surface area contributed by atoms with Gasteiger partial charge in [0.15, 0.2) is 0 Å². The summed E-state index contributed by atoms with van der Waals surface area (Å²) < 4.78 is 18.9. The third-order valence-electron chi connectivity index (χ3n) is 6.96. The molecule has 6 heteroatoms. The SMILES string of the molecule is COCCNC(=O)CC(c1cccc(Oc2ccccc2)c1)c1cn(Cc2ccc(OC)cc2)c2ccccc12. The quantitative estimate of drug-likeness (QED) is 0.179. The van der Waals surface area contributed by atoms with Crippen LogP contribution in [0.15, 0.2) is 109 Å². The molecule has 1 N–H and O–H groups in total. The smallest absolute Gasteiger partial charge is 0.221 e. The van der Waals surface area contributed by atoms with E-state index < -0.39 is 0 Å². The molecule has 0 aliphatic rings. The van der Waals surface area contributed by atoms with E-state index in [4.69, 9.17) is 14.2 Å². The maximum Gasteiger partial charge on any atom is 0.221 e. The van der Waals surface area contributed by atoms with Crippen molar-refractivity contribution >= 4 is 16.8 Å².